The molecule has 0 unspecified atom stereocenters. The summed E-state index contributed by atoms with van der Waals surface area (Å²) in [6.07, 6.45) is 11.1. The van der Waals surface area contributed by atoms with Crippen LogP contribution in [0.15, 0.2) is 36.5 Å². The summed E-state index contributed by atoms with van der Waals surface area (Å²) < 4.78 is 1.92. The van der Waals surface area contributed by atoms with Crippen molar-refractivity contribution in [3.8, 4) is 5.69 Å². The highest BCUT2D eigenvalue weighted by Gasteiger charge is 2.26. The van der Waals surface area contributed by atoms with E-state index in [0.29, 0.717) is 12.3 Å². The fourth-order valence-corrected chi connectivity index (χ4v) is 5.64. The summed E-state index contributed by atoms with van der Waals surface area (Å²) in [5.41, 5.74) is 1.85. The van der Waals surface area contributed by atoms with Crippen LogP contribution in [0.25, 0.3) is 16.7 Å². The Morgan fingerprint density at radius 3 is 2.51 bits per heavy atom. The average molecular weight is 475 g/mol. The Kier molecular flexibility index (Phi) is 7.30. The fourth-order valence-electron chi connectivity index (χ4n) is 5.64. The Bertz CT molecular complexity index is 1130. The first-order valence-corrected chi connectivity index (χ1v) is 13.5. The lowest BCUT2D eigenvalue weighted by atomic mass is 10.0. The Morgan fingerprint density at radius 1 is 1.06 bits per heavy atom. The van der Waals surface area contributed by atoms with Gasteiger partial charge >= 0.3 is 0 Å². The van der Waals surface area contributed by atoms with Crippen molar-refractivity contribution in [2.45, 2.75) is 71.1 Å². The number of carbonyl (C=O) groups excluding carboxylic acids is 1. The van der Waals surface area contributed by atoms with Gasteiger partial charge in [0, 0.05) is 38.5 Å². The third-order valence-corrected chi connectivity index (χ3v) is 7.76. The lowest BCUT2D eigenvalue weighted by Crippen LogP contribution is -2.49. The molecule has 2 fully saturated rings. The molecular weight excluding hydrogens is 436 g/mol. The quantitative estimate of drug-likeness (QED) is 0.441. The number of amides is 1. The first-order valence-electron chi connectivity index (χ1n) is 13.5. The maximum absolute atomic E-state index is 12.9. The second-order valence-corrected chi connectivity index (χ2v) is 10.3. The van der Waals surface area contributed by atoms with E-state index < -0.39 is 0 Å². The number of para-hydroxylation sites is 1. The summed E-state index contributed by atoms with van der Waals surface area (Å²) in [6.45, 7) is 7.49. The molecule has 1 aromatic carbocycles. The second kappa shape index (κ2) is 10.8. The Balaban J connectivity index is 1.36. The van der Waals surface area contributed by atoms with E-state index in [9.17, 15) is 4.79 Å². The highest BCUT2D eigenvalue weighted by molar-refractivity contribution is 5.88. The van der Waals surface area contributed by atoms with Gasteiger partial charge in [0.2, 0.25) is 5.91 Å². The number of fused-ring (bicyclic) bond motifs is 1. The third-order valence-electron chi connectivity index (χ3n) is 7.76. The normalized spacial score (nSPS) is 17.9. The minimum Gasteiger partial charge on any atom is -0.352 e. The van der Waals surface area contributed by atoms with E-state index in [1.807, 2.05) is 29.1 Å². The van der Waals surface area contributed by atoms with E-state index in [-0.39, 0.29) is 5.92 Å². The molecule has 3 aromatic rings. The molecule has 0 N–H and O–H groups in total. The minimum absolute atomic E-state index is 0.278. The number of benzene rings is 1. The van der Waals surface area contributed by atoms with Crippen LogP contribution in [0.2, 0.25) is 0 Å². The lowest BCUT2D eigenvalue weighted by Gasteiger charge is -2.36. The maximum atomic E-state index is 12.9. The van der Waals surface area contributed by atoms with Gasteiger partial charge in [-0.1, -0.05) is 64.2 Å². The van der Waals surface area contributed by atoms with E-state index in [1.165, 1.54) is 25.7 Å². The number of piperazine rings is 1. The summed E-state index contributed by atoms with van der Waals surface area (Å²) in [5, 5.41) is 5.67. The van der Waals surface area contributed by atoms with Gasteiger partial charge in [0.15, 0.2) is 5.65 Å². The number of anilines is 1. The van der Waals surface area contributed by atoms with Crippen molar-refractivity contribution >= 4 is 22.8 Å². The van der Waals surface area contributed by atoms with Crippen LogP contribution < -0.4 is 4.90 Å². The fraction of sp³-hybridized carbons (Fsp3) is 0.571. The van der Waals surface area contributed by atoms with Gasteiger partial charge in [0.05, 0.1) is 17.3 Å². The molecule has 1 aliphatic heterocycles. The van der Waals surface area contributed by atoms with E-state index in [4.69, 9.17) is 15.1 Å². The molecule has 1 aliphatic carbocycles. The van der Waals surface area contributed by atoms with Crippen molar-refractivity contribution < 1.29 is 4.79 Å². The Labute approximate surface area is 208 Å². The molecular formula is C28H38N6O. The van der Waals surface area contributed by atoms with Crippen LogP contribution in [0.1, 0.15) is 77.0 Å². The summed E-state index contributed by atoms with van der Waals surface area (Å²) in [6, 6.07) is 10.2. The average Bonchev–Trinajstić information content (AvgIpc) is 3.57. The lowest BCUT2D eigenvalue weighted by molar-refractivity contribution is -0.131. The standard InChI is InChI=1S/C28H38N6O/c1-3-9-21(2)26-30-27(24-20-29-34(28(24)31-26)23-12-5-4-6-13-23)33-18-16-32(17-19-33)25(35)15-14-22-10-7-8-11-22/h4-6,12-13,20-22H,3,7-11,14-19H2,1-2H3/t21-/m0/s1. The molecule has 2 aliphatic rings. The largest absolute Gasteiger partial charge is 0.352 e. The van der Waals surface area contributed by atoms with Crippen LogP contribution in [0.4, 0.5) is 5.82 Å². The van der Waals surface area contributed by atoms with Gasteiger partial charge < -0.3 is 9.80 Å². The molecule has 0 radical (unpaired) electrons. The molecule has 0 spiro atoms. The highest BCUT2D eigenvalue weighted by Crippen LogP contribution is 2.31. The van der Waals surface area contributed by atoms with Crippen molar-refractivity contribution in [3.63, 3.8) is 0 Å². The van der Waals surface area contributed by atoms with E-state index >= 15 is 0 Å². The number of carbonyl (C=O) groups is 1. The second-order valence-electron chi connectivity index (χ2n) is 10.3. The van der Waals surface area contributed by atoms with Gasteiger partial charge in [-0.3, -0.25) is 4.79 Å². The molecule has 186 valence electrons. The molecule has 1 saturated heterocycles. The van der Waals surface area contributed by atoms with Crippen molar-refractivity contribution in [1.82, 2.24) is 24.6 Å². The van der Waals surface area contributed by atoms with Crippen LogP contribution >= 0.6 is 0 Å². The first-order chi connectivity index (χ1) is 17.1. The first kappa shape index (κ1) is 23.8. The molecule has 3 heterocycles. The van der Waals surface area contributed by atoms with Crippen molar-refractivity contribution in [2.24, 2.45) is 5.92 Å². The number of nitrogens with zero attached hydrogens (tertiary/aromatic N) is 6. The number of hydrogen-bond donors (Lipinski definition) is 0. The van der Waals surface area contributed by atoms with E-state index in [1.54, 1.807) is 0 Å². The molecule has 0 bridgehead atoms. The van der Waals surface area contributed by atoms with Crippen molar-refractivity contribution in [3.05, 3.63) is 42.4 Å². The zero-order chi connectivity index (χ0) is 24.2. The SMILES string of the molecule is CCC[C@H](C)c1nc(N2CCN(C(=O)CCC3CCCC3)CC2)c2cnn(-c3ccccc3)c2n1. The number of rotatable bonds is 8. The summed E-state index contributed by atoms with van der Waals surface area (Å²) in [4.78, 5) is 27.3. The predicted octanol–water partition coefficient (Wildman–Crippen LogP) is 5.34. The summed E-state index contributed by atoms with van der Waals surface area (Å²) in [7, 11) is 0. The molecule has 2 aromatic heterocycles. The summed E-state index contributed by atoms with van der Waals surface area (Å²) in [5.74, 6) is 3.19. The molecule has 5 rings (SSSR count). The van der Waals surface area contributed by atoms with Gasteiger partial charge in [-0.25, -0.2) is 14.6 Å². The van der Waals surface area contributed by atoms with Crippen LogP contribution in [-0.4, -0.2) is 56.7 Å². The van der Waals surface area contributed by atoms with Crippen LogP contribution in [0, 0.1) is 5.92 Å². The van der Waals surface area contributed by atoms with Crippen LogP contribution in [-0.2, 0) is 4.79 Å². The molecule has 1 amide bonds. The predicted molar refractivity (Wildman–Crippen MR) is 140 cm³/mol. The maximum Gasteiger partial charge on any atom is 0.222 e. The minimum atomic E-state index is 0.278. The van der Waals surface area contributed by atoms with E-state index in [2.05, 4.69) is 35.8 Å². The smallest absolute Gasteiger partial charge is 0.222 e. The third kappa shape index (κ3) is 5.19. The number of aromatic nitrogens is 4. The number of hydrogen-bond acceptors (Lipinski definition) is 5. The van der Waals surface area contributed by atoms with Crippen molar-refractivity contribution in [1.29, 1.82) is 0 Å². The van der Waals surface area contributed by atoms with Gasteiger partial charge in [-0.05, 0) is 30.9 Å². The van der Waals surface area contributed by atoms with Gasteiger partial charge in [-0.2, -0.15) is 5.10 Å². The Hall–Kier alpha value is -2.96. The summed E-state index contributed by atoms with van der Waals surface area (Å²) >= 11 is 0. The molecule has 7 nitrogen and oxygen atoms in total. The molecule has 7 heteroatoms. The highest BCUT2D eigenvalue weighted by atomic mass is 16.2. The monoisotopic (exact) mass is 474 g/mol. The topological polar surface area (TPSA) is 67.2 Å². The zero-order valence-electron chi connectivity index (χ0n) is 21.2. The van der Waals surface area contributed by atoms with Gasteiger partial charge in [0.25, 0.3) is 0 Å². The molecule has 35 heavy (non-hydrogen) atoms. The van der Waals surface area contributed by atoms with Crippen molar-refractivity contribution in [2.75, 3.05) is 31.1 Å². The molecule has 1 atom stereocenters. The zero-order valence-corrected chi connectivity index (χ0v) is 21.2. The van der Waals surface area contributed by atoms with Gasteiger partial charge in [0.1, 0.15) is 11.6 Å². The van der Waals surface area contributed by atoms with E-state index in [0.717, 1.165) is 79.7 Å². The molecule has 1 saturated carbocycles. The Morgan fingerprint density at radius 2 is 1.80 bits per heavy atom. The van der Waals surface area contributed by atoms with Crippen LogP contribution in [0.3, 0.4) is 0 Å². The van der Waals surface area contributed by atoms with Crippen LogP contribution in [0.5, 0.6) is 0 Å². The van der Waals surface area contributed by atoms with Gasteiger partial charge in [-0.15, -0.1) is 0 Å².